The molecule has 5 rings (SSSR count). The number of nitrogens with one attached hydrogen (secondary N) is 1. The number of benzene rings is 3. The van der Waals surface area contributed by atoms with Gasteiger partial charge in [0, 0.05) is 16.0 Å². The molecule has 0 bridgehead atoms. The van der Waals surface area contributed by atoms with Gasteiger partial charge in [-0.15, -0.1) is 0 Å². The molecule has 0 fully saturated rings. The summed E-state index contributed by atoms with van der Waals surface area (Å²) >= 11 is 7.57. The number of thiazole rings is 1. The van der Waals surface area contributed by atoms with E-state index >= 15 is 0 Å². The third kappa shape index (κ3) is 3.43. The Kier molecular flexibility index (Phi) is 4.69. The molecule has 0 spiro atoms. The van der Waals surface area contributed by atoms with Crippen LogP contribution in [-0.4, -0.2) is 15.9 Å². The molecule has 0 radical (unpaired) electrons. The van der Waals surface area contributed by atoms with Gasteiger partial charge in [0.15, 0.2) is 5.13 Å². The van der Waals surface area contributed by atoms with E-state index in [4.69, 9.17) is 16.6 Å². The Labute approximate surface area is 182 Å². The number of hydrogen-bond donors (Lipinski definition) is 1. The molecular weight excluding hydrogens is 414 g/mol. The van der Waals surface area contributed by atoms with Crippen LogP contribution in [0.5, 0.6) is 0 Å². The van der Waals surface area contributed by atoms with Gasteiger partial charge in [-0.25, -0.2) is 9.97 Å². The molecule has 5 aromatic rings. The lowest BCUT2D eigenvalue weighted by molar-refractivity contribution is 0.102. The van der Waals surface area contributed by atoms with E-state index in [0.29, 0.717) is 15.7 Å². The molecule has 4 nitrogen and oxygen atoms in total. The van der Waals surface area contributed by atoms with E-state index in [1.165, 1.54) is 11.3 Å². The zero-order valence-corrected chi connectivity index (χ0v) is 17.6. The second kappa shape index (κ2) is 7.52. The topological polar surface area (TPSA) is 54.9 Å². The van der Waals surface area contributed by atoms with Crippen LogP contribution in [0.4, 0.5) is 5.13 Å². The normalized spacial score (nSPS) is 11.1. The van der Waals surface area contributed by atoms with Crippen LogP contribution in [0.25, 0.3) is 32.4 Å². The second-order valence-electron chi connectivity index (χ2n) is 6.98. The Morgan fingerprint density at radius 3 is 2.57 bits per heavy atom. The number of anilines is 1. The standard InChI is InChI=1S/C24H16ClN3OS/c1-14-11-16(25)12-21-22(14)27-24(30-21)28-23(29)18-13-20(15-7-3-2-4-8-15)26-19-10-6-5-9-17(18)19/h2-13H,1H3,(H,27,28,29). The van der Waals surface area contributed by atoms with Crippen LogP contribution in [0.3, 0.4) is 0 Å². The van der Waals surface area contributed by atoms with E-state index in [1.807, 2.05) is 79.7 Å². The summed E-state index contributed by atoms with van der Waals surface area (Å²) in [5.74, 6) is -0.214. The first-order chi connectivity index (χ1) is 14.6. The molecule has 3 aromatic carbocycles. The largest absolute Gasteiger partial charge is 0.298 e. The minimum Gasteiger partial charge on any atom is -0.298 e. The fourth-order valence-corrected chi connectivity index (χ4v) is 4.81. The number of fused-ring (bicyclic) bond motifs is 2. The van der Waals surface area contributed by atoms with E-state index in [1.54, 1.807) is 0 Å². The number of carbonyl (C=O) groups excluding carboxylic acids is 1. The maximum atomic E-state index is 13.2. The number of halogens is 1. The number of amides is 1. The van der Waals surface area contributed by atoms with Gasteiger partial charge in [0.1, 0.15) is 0 Å². The third-order valence-electron chi connectivity index (χ3n) is 4.90. The molecule has 0 aliphatic heterocycles. The molecular formula is C24H16ClN3OS. The summed E-state index contributed by atoms with van der Waals surface area (Å²) in [5, 5.41) is 4.97. The van der Waals surface area contributed by atoms with Crippen molar-refractivity contribution >= 4 is 55.1 Å². The van der Waals surface area contributed by atoms with Gasteiger partial charge in [-0.3, -0.25) is 10.1 Å². The molecule has 146 valence electrons. The smallest absolute Gasteiger partial charge is 0.258 e. The van der Waals surface area contributed by atoms with Gasteiger partial charge in [-0.1, -0.05) is 71.5 Å². The third-order valence-corrected chi connectivity index (χ3v) is 6.04. The number of para-hydroxylation sites is 1. The van der Waals surface area contributed by atoms with Crippen molar-refractivity contribution in [3.05, 3.63) is 88.9 Å². The molecule has 1 amide bonds. The SMILES string of the molecule is Cc1cc(Cl)cc2sc(NC(=O)c3cc(-c4ccccc4)nc4ccccc34)nc12. The first kappa shape index (κ1) is 18.7. The fourth-order valence-electron chi connectivity index (χ4n) is 3.49. The summed E-state index contributed by atoms with van der Waals surface area (Å²) in [5.41, 5.74) is 4.89. The quantitative estimate of drug-likeness (QED) is 0.346. The van der Waals surface area contributed by atoms with Crippen LogP contribution < -0.4 is 5.32 Å². The van der Waals surface area contributed by atoms with Crippen LogP contribution in [0.15, 0.2) is 72.8 Å². The van der Waals surface area contributed by atoms with Crippen LogP contribution in [0, 0.1) is 6.92 Å². The second-order valence-corrected chi connectivity index (χ2v) is 8.45. The van der Waals surface area contributed by atoms with E-state index in [2.05, 4.69) is 10.3 Å². The minimum atomic E-state index is -0.214. The summed E-state index contributed by atoms with van der Waals surface area (Å²) in [7, 11) is 0. The minimum absolute atomic E-state index is 0.214. The van der Waals surface area contributed by atoms with E-state index < -0.39 is 0 Å². The van der Waals surface area contributed by atoms with Gasteiger partial charge in [0.25, 0.3) is 5.91 Å². The lowest BCUT2D eigenvalue weighted by Gasteiger charge is -2.09. The molecule has 0 atom stereocenters. The molecule has 2 aromatic heterocycles. The van der Waals surface area contributed by atoms with Crippen molar-refractivity contribution in [3.63, 3.8) is 0 Å². The zero-order chi connectivity index (χ0) is 20.7. The van der Waals surface area contributed by atoms with Crippen molar-refractivity contribution in [2.75, 3.05) is 5.32 Å². The van der Waals surface area contributed by atoms with Gasteiger partial charge >= 0.3 is 0 Å². The van der Waals surface area contributed by atoms with Gasteiger partial charge in [-0.05, 0) is 36.8 Å². The Morgan fingerprint density at radius 2 is 1.73 bits per heavy atom. The predicted molar refractivity (Wildman–Crippen MR) is 124 cm³/mol. The van der Waals surface area contributed by atoms with Crippen molar-refractivity contribution in [3.8, 4) is 11.3 Å². The van der Waals surface area contributed by atoms with Gasteiger partial charge in [-0.2, -0.15) is 0 Å². The first-order valence-electron chi connectivity index (χ1n) is 9.42. The maximum Gasteiger partial charge on any atom is 0.258 e. The number of aryl methyl sites for hydroxylation is 1. The number of pyridine rings is 1. The number of rotatable bonds is 3. The molecule has 0 saturated heterocycles. The van der Waals surface area contributed by atoms with Crippen LogP contribution >= 0.6 is 22.9 Å². The maximum absolute atomic E-state index is 13.2. The fraction of sp³-hybridized carbons (Fsp3) is 0.0417. The Balaban J connectivity index is 1.58. The van der Waals surface area contributed by atoms with Crippen molar-refractivity contribution < 1.29 is 4.79 Å². The Morgan fingerprint density at radius 1 is 0.967 bits per heavy atom. The zero-order valence-electron chi connectivity index (χ0n) is 16.0. The van der Waals surface area contributed by atoms with E-state index in [9.17, 15) is 4.79 Å². The molecule has 0 aliphatic rings. The molecule has 0 unspecified atom stereocenters. The average molecular weight is 430 g/mol. The highest BCUT2D eigenvalue weighted by molar-refractivity contribution is 7.22. The van der Waals surface area contributed by atoms with Crippen molar-refractivity contribution in [2.45, 2.75) is 6.92 Å². The molecule has 30 heavy (non-hydrogen) atoms. The van der Waals surface area contributed by atoms with Crippen molar-refractivity contribution in [2.24, 2.45) is 0 Å². The molecule has 2 heterocycles. The van der Waals surface area contributed by atoms with E-state index in [-0.39, 0.29) is 5.91 Å². The monoisotopic (exact) mass is 429 g/mol. The van der Waals surface area contributed by atoms with Crippen LogP contribution in [-0.2, 0) is 0 Å². The van der Waals surface area contributed by atoms with Crippen LogP contribution in [0.1, 0.15) is 15.9 Å². The van der Waals surface area contributed by atoms with Crippen LogP contribution in [0.2, 0.25) is 5.02 Å². The number of nitrogens with zero attached hydrogens (tertiary/aromatic N) is 2. The molecule has 0 saturated carbocycles. The highest BCUT2D eigenvalue weighted by Crippen LogP contribution is 2.32. The molecule has 0 aliphatic carbocycles. The van der Waals surface area contributed by atoms with Crippen molar-refractivity contribution in [1.82, 2.24) is 9.97 Å². The number of carbonyl (C=O) groups is 1. The summed E-state index contributed by atoms with van der Waals surface area (Å²) < 4.78 is 0.944. The van der Waals surface area contributed by atoms with Gasteiger partial charge in [0.05, 0.1) is 27.0 Å². The lowest BCUT2D eigenvalue weighted by Crippen LogP contribution is -2.13. The summed E-state index contributed by atoms with van der Waals surface area (Å²) in [4.78, 5) is 22.6. The summed E-state index contributed by atoms with van der Waals surface area (Å²) in [6, 6.07) is 23.1. The first-order valence-corrected chi connectivity index (χ1v) is 10.6. The van der Waals surface area contributed by atoms with E-state index in [0.717, 1.165) is 37.9 Å². The summed E-state index contributed by atoms with van der Waals surface area (Å²) in [6.45, 7) is 1.96. The lowest BCUT2D eigenvalue weighted by atomic mass is 10.0. The highest BCUT2D eigenvalue weighted by Gasteiger charge is 2.16. The predicted octanol–water partition coefficient (Wildman–Crippen LogP) is 6.73. The van der Waals surface area contributed by atoms with Crippen molar-refractivity contribution in [1.29, 1.82) is 0 Å². The Hall–Kier alpha value is -3.28. The van der Waals surface area contributed by atoms with Gasteiger partial charge < -0.3 is 0 Å². The molecule has 1 N–H and O–H groups in total. The number of aromatic nitrogens is 2. The number of hydrogen-bond acceptors (Lipinski definition) is 4. The molecule has 6 heteroatoms. The average Bonchev–Trinajstić information content (AvgIpc) is 3.16. The van der Waals surface area contributed by atoms with Gasteiger partial charge in [0.2, 0.25) is 0 Å². The summed E-state index contributed by atoms with van der Waals surface area (Å²) in [6.07, 6.45) is 0. The Bertz CT molecular complexity index is 1410. The highest BCUT2D eigenvalue weighted by atomic mass is 35.5.